The van der Waals surface area contributed by atoms with Crippen LogP contribution >= 0.6 is 0 Å². The monoisotopic (exact) mass is 321 g/mol. The van der Waals surface area contributed by atoms with Gasteiger partial charge >= 0.3 is 5.97 Å². The van der Waals surface area contributed by atoms with Gasteiger partial charge < -0.3 is 14.8 Å². The summed E-state index contributed by atoms with van der Waals surface area (Å²) in [4.78, 5) is 12.3. The lowest BCUT2D eigenvalue weighted by molar-refractivity contribution is -0.145. The van der Waals surface area contributed by atoms with Gasteiger partial charge in [-0.15, -0.1) is 0 Å². The van der Waals surface area contributed by atoms with Crippen LogP contribution < -0.4 is 5.32 Å². The summed E-state index contributed by atoms with van der Waals surface area (Å²) >= 11 is 0. The molecular formula is C19H31NO3. The SMILES string of the molecule is COCCCNC[C@H]1C(=O)O[C@@H]2C[C@@]3(C)CCCC(C)=C3C[C@@H]21. The summed E-state index contributed by atoms with van der Waals surface area (Å²) in [5.74, 6) is 0.405. The molecule has 2 fully saturated rings. The van der Waals surface area contributed by atoms with Crippen molar-refractivity contribution >= 4 is 5.97 Å². The molecule has 0 aromatic rings. The molecule has 1 aliphatic heterocycles. The minimum absolute atomic E-state index is 0.0136. The lowest BCUT2D eigenvalue weighted by Gasteiger charge is -2.45. The van der Waals surface area contributed by atoms with Gasteiger partial charge in [-0.05, 0) is 57.4 Å². The van der Waals surface area contributed by atoms with E-state index in [4.69, 9.17) is 9.47 Å². The van der Waals surface area contributed by atoms with Gasteiger partial charge in [-0.1, -0.05) is 18.1 Å². The first-order valence-corrected chi connectivity index (χ1v) is 9.14. The van der Waals surface area contributed by atoms with E-state index in [-0.39, 0.29) is 23.4 Å². The third kappa shape index (κ3) is 3.34. The number of hydrogen-bond donors (Lipinski definition) is 1. The molecule has 1 N–H and O–H groups in total. The van der Waals surface area contributed by atoms with Crippen LogP contribution in [0.4, 0.5) is 0 Å². The minimum Gasteiger partial charge on any atom is -0.462 e. The molecule has 4 nitrogen and oxygen atoms in total. The lowest BCUT2D eigenvalue weighted by Crippen LogP contribution is -2.40. The number of allylic oxidation sites excluding steroid dienone is 2. The fourth-order valence-electron chi connectivity index (χ4n) is 4.94. The molecule has 23 heavy (non-hydrogen) atoms. The third-order valence-corrected chi connectivity index (χ3v) is 6.25. The highest BCUT2D eigenvalue weighted by Crippen LogP contribution is 2.54. The van der Waals surface area contributed by atoms with Crippen molar-refractivity contribution in [2.24, 2.45) is 17.3 Å². The van der Waals surface area contributed by atoms with Gasteiger partial charge in [0.05, 0.1) is 5.92 Å². The predicted octanol–water partition coefficient (Wildman–Crippen LogP) is 3.07. The summed E-state index contributed by atoms with van der Waals surface area (Å²) in [7, 11) is 1.72. The molecule has 0 bridgehead atoms. The summed E-state index contributed by atoms with van der Waals surface area (Å²) in [6.45, 7) is 7.08. The van der Waals surface area contributed by atoms with E-state index in [1.807, 2.05) is 0 Å². The Bertz CT molecular complexity index is 487. The molecule has 4 heteroatoms. The Morgan fingerprint density at radius 1 is 1.43 bits per heavy atom. The Balaban J connectivity index is 1.65. The van der Waals surface area contributed by atoms with Crippen LogP contribution in [0.5, 0.6) is 0 Å². The van der Waals surface area contributed by atoms with Gasteiger partial charge in [0.2, 0.25) is 0 Å². The Morgan fingerprint density at radius 2 is 2.26 bits per heavy atom. The number of rotatable bonds is 6. The Kier molecular flexibility index (Phi) is 5.12. The summed E-state index contributed by atoms with van der Waals surface area (Å²) in [6, 6.07) is 0. The molecule has 3 rings (SSSR count). The second kappa shape index (κ2) is 6.94. The van der Waals surface area contributed by atoms with Crippen molar-refractivity contribution in [3.8, 4) is 0 Å². The van der Waals surface area contributed by atoms with Crippen LogP contribution in [0.15, 0.2) is 11.1 Å². The molecule has 1 heterocycles. The number of hydrogen-bond acceptors (Lipinski definition) is 4. The molecule has 0 spiro atoms. The number of nitrogens with one attached hydrogen (secondary N) is 1. The molecule has 0 aromatic carbocycles. The van der Waals surface area contributed by atoms with Gasteiger partial charge in [0.25, 0.3) is 0 Å². The fraction of sp³-hybridized carbons (Fsp3) is 0.842. The largest absolute Gasteiger partial charge is 0.462 e. The highest BCUT2D eigenvalue weighted by molar-refractivity contribution is 5.76. The second-order valence-corrected chi connectivity index (χ2v) is 7.88. The molecule has 0 amide bonds. The number of methoxy groups -OCH3 is 1. The van der Waals surface area contributed by atoms with Gasteiger partial charge in [0.1, 0.15) is 6.10 Å². The Labute approximate surface area is 140 Å². The van der Waals surface area contributed by atoms with Crippen LogP contribution in [-0.2, 0) is 14.3 Å². The highest BCUT2D eigenvalue weighted by atomic mass is 16.6. The normalized spacial score (nSPS) is 36.7. The predicted molar refractivity (Wildman–Crippen MR) is 90.1 cm³/mol. The van der Waals surface area contributed by atoms with Gasteiger partial charge in [-0.25, -0.2) is 0 Å². The van der Waals surface area contributed by atoms with Crippen LogP contribution in [0.1, 0.15) is 52.4 Å². The average Bonchev–Trinajstić information content (AvgIpc) is 2.79. The van der Waals surface area contributed by atoms with E-state index in [9.17, 15) is 4.79 Å². The quantitative estimate of drug-likeness (QED) is 0.464. The third-order valence-electron chi connectivity index (χ3n) is 6.25. The summed E-state index contributed by atoms with van der Waals surface area (Å²) in [5.41, 5.74) is 3.47. The maximum Gasteiger partial charge on any atom is 0.310 e. The maximum absolute atomic E-state index is 12.3. The Morgan fingerprint density at radius 3 is 3.04 bits per heavy atom. The average molecular weight is 321 g/mol. The Hall–Kier alpha value is -0.870. The minimum atomic E-state index is 0.0136. The number of fused-ring (bicyclic) bond motifs is 2. The maximum atomic E-state index is 12.3. The zero-order chi connectivity index (χ0) is 16.4. The highest BCUT2D eigenvalue weighted by Gasteiger charge is 2.52. The van der Waals surface area contributed by atoms with Crippen molar-refractivity contribution in [1.29, 1.82) is 0 Å². The van der Waals surface area contributed by atoms with Crippen LogP contribution in [0, 0.1) is 17.3 Å². The topological polar surface area (TPSA) is 47.6 Å². The van der Waals surface area contributed by atoms with Gasteiger partial charge in [0.15, 0.2) is 0 Å². The summed E-state index contributed by atoms with van der Waals surface area (Å²) in [5, 5.41) is 3.42. The van der Waals surface area contributed by atoms with E-state index in [0.717, 1.165) is 39.0 Å². The molecule has 1 saturated heterocycles. The number of carbonyl (C=O) groups excluding carboxylic acids is 1. The molecule has 0 unspecified atom stereocenters. The first kappa shape index (κ1) is 17.0. The first-order valence-electron chi connectivity index (χ1n) is 9.14. The summed E-state index contributed by atoms with van der Waals surface area (Å²) in [6.07, 6.45) is 6.96. The zero-order valence-corrected chi connectivity index (χ0v) is 14.8. The molecule has 130 valence electrons. The van der Waals surface area contributed by atoms with Crippen molar-refractivity contribution in [2.75, 3.05) is 26.8 Å². The molecule has 0 aromatic heterocycles. The van der Waals surface area contributed by atoms with Crippen LogP contribution in [0.2, 0.25) is 0 Å². The molecule has 2 aliphatic carbocycles. The lowest BCUT2D eigenvalue weighted by atomic mass is 9.59. The van der Waals surface area contributed by atoms with E-state index in [2.05, 4.69) is 19.2 Å². The molecular weight excluding hydrogens is 290 g/mol. The summed E-state index contributed by atoms with van der Waals surface area (Å²) < 4.78 is 10.8. The first-order chi connectivity index (χ1) is 11.0. The van der Waals surface area contributed by atoms with Gasteiger partial charge in [-0.3, -0.25) is 4.79 Å². The smallest absolute Gasteiger partial charge is 0.310 e. The van der Waals surface area contributed by atoms with E-state index in [1.165, 1.54) is 19.3 Å². The fourth-order valence-corrected chi connectivity index (χ4v) is 4.94. The van der Waals surface area contributed by atoms with E-state index in [1.54, 1.807) is 18.3 Å². The molecule has 0 radical (unpaired) electrons. The van der Waals surface area contributed by atoms with Crippen LogP contribution in [0.25, 0.3) is 0 Å². The van der Waals surface area contributed by atoms with Crippen molar-refractivity contribution in [3.05, 3.63) is 11.1 Å². The van der Waals surface area contributed by atoms with Crippen molar-refractivity contribution < 1.29 is 14.3 Å². The van der Waals surface area contributed by atoms with Crippen LogP contribution in [-0.4, -0.2) is 38.9 Å². The van der Waals surface area contributed by atoms with Crippen molar-refractivity contribution in [2.45, 2.75) is 58.5 Å². The number of carbonyl (C=O) groups is 1. The molecule has 1 saturated carbocycles. The van der Waals surface area contributed by atoms with E-state index in [0.29, 0.717) is 5.92 Å². The van der Waals surface area contributed by atoms with Crippen molar-refractivity contribution in [3.63, 3.8) is 0 Å². The molecule has 3 aliphatic rings. The van der Waals surface area contributed by atoms with Gasteiger partial charge in [-0.2, -0.15) is 0 Å². The van der Waals surface area contributed by atoms with E-state index < -0.39 is 0 Å². The van der Waals surface area contributed by atoms with Crippen molar-refractivity contribution in [1.82, 2.24) is 5.32 Å². The van der Waals surface area contributed by atoms with Crippen LogP contribution in [0.3, 0.4) is 0 Å². The molecule has 4 atom stereocenters. The number of ether oxygens (including phenoxy) is 2. The standard InChI is InChI=1S/C19H31NO3/c1-13-6-4-7-19(2)11-17-14(10-16(13)19)15(18(21)23-17)12-20-8-5-9-22-3/h14-15,17,20H,4-12H2,1-3H3/t14-,15-,17-,19-/m1/s1. The zero-order valence-electron chi connectivity index (χ0n) is 14.8. The second-order valence-electron chi connectivity index (χ2n) is 7.88. The number of esters is 1. The van der Waals surface area contributed by atoms with Gasteiger partial charge in [0, 0.05) is 26.2 Å². The van der Waals surface area contributed by atoms with E-state index >= 15 is 0 Å².